The van der Waals surface area contributed by atoms with Gasteiger partial charge in [-0.3, -0.25) is 9.78 Å². The van der Waals surface area contributed by atoms with Crippen molar-refractivity contribution < 1.29 is 4.79 Å². The third-order valence-corrected chi connectivity index (χ3v) is 2.05. The molecule has 0 aliphatic carbocycles. The Kier molecular flexibility index (Phi) is 2.46. The van der Waals surface area contributed by atoms with E-state index in [0.717, 1.165) is 0 Å². The lowest BCUT2D eigenvalue weighted by molar-refractivity contribution is 0.103. The molecular formula is C12H10N2O. The van der Waals surface area contributed by atoms with E-state index >= 15 is 0 Å². The van der Waals surface area contributed by atoms with Gasteiger partial charge in [-0.25, -0.2) is 0 Å². The first-order valence-corrected chi connectivity index (χ1v) is 4.58. The molecule has 0 aliphatic heterocycles. The molecule has 2 N–H and O–H groups in total. The first-order valence-electron chi connectivity index (χ1n) is 4.58. The van der Waals surface area contributed by atoms with Gasteiger partial charge in [0.05, 0.1) is 11.9 Å². The van der Waals surface area contributed by atoms with Crippen molar-refractivity contribution in [3.05, 3.63) is 59.9 Å². The summed E-state index contributed by atoms with van der Waals surface area (Å²) >= 11 is 0. The molecule has 0 saturated heterocycles. The van der Waals surface area contributed by atoms with Crippen molar-refractivity contribution in [2.24, 2.45) is 0 Å². The van der Waals surface area contributed by atoms with Crippen LogP contribution in [0.4, 0.5) is 5.69 Å². The van der Waals surface area contributed by atoms with E-state index in [1.807, 2.05) is 18.2 Å². The fourth-order valence-electron chi connectivity index (χ4n) is 1.28. The van der Waals surface area contributed by atoms with Crippen LogP contribution < -0.4 is 5.73 Å². The molecule has 1 aromatic heterocycles. The standard InChI is InChI=1S/C12H10N2O/c13-10-6-7-11(14-8-10)12(15)9-4-2-1-3-5-9/h1-8H,13H2. The zero-order valence-corrected chi connectivity index (χ0v) is 8.05. The van der Waals surface area contributed by atoms with E-state index in [-0.39, 0.29) is 5.78 Å². The van der Waals surface area contributed by atoms with E-state index < -0.39 is 0 Å². The molecule has 15 heavy (non-hydrogen) atoms. The molecule has 74 valence electrons. The van der Waals surface area contributed by atoms with Gasteiger partial charge in [-0.15, -0.1) is 0 Å². The summed E-state index contributed by atoms with van der Waals surface area (Å²) in [7, 11) is 0. The number of benzene rings is 1. The summed E-state index contributed by atoms with van der Waals surface area (Å²) in [5.74, 6) is -0.0874. The summed E-state index contributed by atoms with van der Waals surface area (Å²) in [6, 6.07) is 12.3. The number of hydrogen-bond acceptors (Lipinski definition) is 3. The van der Waals surface area contributed by atoms with E-state index in [1.165, 1.54) is 6.20 Å². The first kappa shape index (κ1) is 9.40. The molecule has 0 spiro atoms. The van der Waals surface area contributed by atoms with Gasteiger partial charge in [0.15, 0.2) is 0 Å². The fourth-order valence-corrected chi connectivity index (χ4v) is 1.28. The minimum atomic E-state index is -0.0874. The Bertz CT molecular complexity index is 463. The highest BCUT2D eigenvalue weighted by Crippen LogP contribution is 2.08. The Morgan fingerprint density at radius 3 is 2.40 bits per heavy atom. The van der Waals surface area contributed by atoms with Crippen molar-refractivity contribution in [3.63, 3.8) is 0 Å². The summed E-state index contributed by atoms with van der Waals surface area (Å²) < 4.78 is 0. The van der Waals surface area contributed by atoms with Gasteiger partial charge in [0.25, 0.3) is 0 Å². The maximum Gasteiger partial charge on any atom is 0.211 e. The molecule has 2 rings (SSSR count). The number of carbonyl (C=O) groups excluding carboxylic acids is 1. The van der Waals surface area contributed by atoms with Gasteiger partial charge in [0.1, 0.15) is 5.69 Å². The number of nitrogen functional groups attached to an aromatic ring is 1. The second-order valence-electron chi connectivity index (χ2n) is 3.17. The van der Waals surface area contributed by atoms with Crippen LogP contribution >= 0.6 is 0 Å². The molecule has 0 unspecified atom stereocenters. The number of nitrogens with two attached hydrogens (primary N) is 1. The molecule has 0 aliphatic rings. The number of nitrogens with zero attached hydrogens (tertiary/aromatic N) is 1. The second-order valence-corrected chi connectivity index (χ2v) is 3.17. The minimum Gasteiger partial charge on any atom is -0.397 e. The summed E-state index contributed by atoms with van der Waals surface area (Å²) in [5.41, 5.74) is 7.09. The predicted octanol–water partition coefficient (Wildman–Crippen LogP) is 1.89. The lowest BCUT2D eigenvalue weighted by atomic mass is 10.1. The third kappa shape index (κ3) is 2.02. The number of rotatable bonds is 2. The lowest BCUT2D eigenvalue weighted by Crippen LogP contribution is -2.03. The molecule has 0 saturated carbocycles. The topological polar surface area (TPSA) is 56.0 Å². The zero-order chi connectivity index (χ0) is 10.7. The highest BCUT2D eigenvalue weighted by atomic mass is 16.1. The molecule has 0 bridgehead atoms. The van der Waals surface area contributed by atoms with Crippen molar-refractivity contribution in [1.29, 1.82) is 0 Å². The third-order valence-electron chi connectivity index (χ3n) is 2.05. The second kappa shape index (κ2) is 3.92. The normalized spacial score (nSPS) is 9.87. The molecule has 0 fully saturated rings. The maximum atomic E-state index is 11.9. The number of aromatic nitrogens is 1. The largest absolute Gasteiger partial charge is 0.397 e. The van der Waals surface area contributed by atoms with Gasteiger partial charge in [-0.1, -0.05) is 30.3 Å². The summed E-state index contributed by atoms with van der Waals surface area (Å²) in [6.45, 7) is 0. The van der Waals surface area contributed by atoms with Gasteiger partial charge < -0.3 is 5.73 Å². The number of anilines is 1. The molecule has 3 nitrogen and oxygen atoms in total. The van der Waals surface area contributed by atoms with Crippen LogP contribution in [0.5, 0.6) is 0 Å². The van der Waals surface area contributed by atoms with E-state index in [2.05, 4.69) is 4.98 Å². The van der Waals surface area contributed by atoms with Crippen LogP contribution in [0.2, 0.25) is 0 Å². The van der Waals surface area contributed by atoms with Crippen LogP contribution in [0, 0.1) is 0 Å². The molecule has 1 aromatic carbocycles. The van der Waals surface area contributed by atoms with E-state index in [1.54, 1.807) is 24.3 Å². The fraction of sp³-hybridized carbons (Fsp3) is 0. The Morgan fingerprint density at radius 2 is 1.80 bits per heavy atom. The SMILES string of the molecule is Nc1ccc(C(=O)c2ccccc2)nc1. The summed E-state index contributed by atoms with van der Waals surface area (Å²) in [5, 5.41) is 0. The summed E-state index contributed by atoms with van der Waals surface area (Å²) in [4.78, 5) is 15.8. The van der Waals surface area contributed by atoms with E-state index in [9.17, 15) is 4.79 Å². The number of ketones is 1. The van der Waals surface area contributed by atoms with Gasteiger partial charge in [0, 0.05) is 5.56 Å². The van der Waals surface area contributed by atoms with Crippen LogP contribution in [0.1, 0.15) is 16.1 Å². The molecular weight excluding hydrogens is 188 g/mol. The first-order chi connectivity index (χ1) is 7.27. The number of hydrogen-bond donors (Lipinski definition) is 1. The average molecular weight is 198 g/mol. The molecule has 3 heteroatoms. The number of carbonyl (C=O) groups is 1. The van der Waals surface area contributed by atoms with Crippen molar-refractivity contribution >= 4 is 11.5 Å². The van der Waals surface area contributed by atoms with Crippen LogP contribution in [0.3, 0.4) is 0 Å². The molecule has 1 heterocycles. The number of pyridine rings is 1. The van der Waals surface area contributed by atoms with Gasteiger partial charge in [-0.05, 0) is 12.1 Å². The monoisotopic (exact) mass is 198 g/mol. The highest BCUT2D eigenvalue weighted by Gasteiger charge is 2.08. The van der Waals surface area contributed by atoms with Crippen LogP contribution in [0.15, 0.2) is 48.7 Å². The minimum absolute atomic E-state index is 0.0874. The Labute approximate surface area is 87.6 Å². The molecule has 0 radical (unpaired) electrons. The van der Waals surface area contributed by atoms with Crippen LogP contribution in [-0.4, -0.2) is 10.8 Å². The Morgan fingerprint density at radius 1 is 1.07 bits per heavy atom. The predicted molar refractivity (Wildman–Crippen MR) is 58.5 cm³/mol. The molecule has 2 aromatic rings. The van der Waals surface area contributed by atoms with Crippen molar-refractivity contribution in [2.75, 3.05) is 5.73 Å². The van der Waals surface area contributed by atoms with E-state index in [0.29, 0.717) is 16.9 Å². The smallest absolute Gasteiger partial charge is 0.211 e. The van der Waals surface area contributed by atoms with Crippen LogP contribution in [-0.2, 0) is 0 Å². The van der Waals surface area contributed by atoms with Crippen molar-refractivity contribution in [2.45, 2.75) is 0 Å². The average Bonchev–Trinajstić information content (AvgIpc) is 2.30. The summed E-state index contributed by atoms with van der Waals surface area (Å²) in [6.07, 6.45) is 1.48. The molecule has 0 atom stereocenters. The van der Waals surface area contributed by atoms with E-state index in [4.69, 9.17) is 5.73 Å². The van der Waals surface area contributed by atoms with Crippen LogP contribution in [0.25, 0.3) is 0 Å². The highest BCUT2D eigenvalue weighted by molar-refractivity contribution is 6.07. The zero-order valence-electron chi connectivity index (χ0n) is 8.05. The lowest BCUT2D eigenvalue weighted by Gasteiger charge is -1.99. The molecule has 0 amide bonds. The van der Waals surface area contributed by atoms with Crippen molar-refractivity contribution in [1.82, 2.24) is 4.98 Å². The Hall–Kier alpha value is -2.16. The maximum absolute atomic E-state index is 11.9. The van der Waals surface area contributed by atoms with Gasteiger partial charge in [-0.2, -0.15) is 0 Å². The quantitative estimate of drug-likeness (QED) is 0.750. The van der Waals surface area contributed by atoms with Crippen molar-refractivity contribution in [3.8, 4) is 0 Å². The Balaban J connectivity index is 2.33. The van der Waals surface area contributed by atoms with Gasteiger partial charge >= 0.3 is 0 Å². The van der Waals surface area contributed by atoms with Gasteiger partial charge in [0.2, 0.25) is 5.78 Å².